The summed E-state index contributed by atoms with van der Waals surface area (Å²) in [5.74, 6) is -1.85. The topological polar surface area (TPSA) is 72.9 Å². The fourth-order valence-corrected chi connectivity index (χ4v) is 1.57. The first-order valence-corrected chi connectivity index (χ1v) is 7.51. The van der Waals surface area contributed by atoms with Crippen LogP contribution in [-0.4, -0.2) is 43.4 Å². The van der Waals surface area contributed by atoms with Crippen molar-refractivity contribution in [3.05, 3.63) is 0 Å². The van der Waals surface area contributed by atoms with Crippen molar-refractivity contribution in [2.24, 2.45) is 5.92 Å². The van der Waals surface area contributed by atoms with Crippen LogP contribution in [0, 0.1) is 5.92 Å². The number of amides is 2. The van der Waals surface area contributed by atoms with Gasteiger partial charge in [0.1, 0.15) is 0 Å². The average Bonchev–Trinajstić information content (AvgIpc) is 2.41. The molecule has 0 rings (SSSR count). The Morgan fingerprint density at radius 2 is 1.91 bits per heavy atom. The molecule has 0 aromatic rings. The summed E-state index contributed by atoms with van der Waals surface area (Å²) in [6.45, 7) is 9.87. The molecule has 0 aromatic carbocycles. The minimum absolute atomic E-state index is 0.0793. The summed E-state index contributed by atoms with van der Waals surface area (Å²) in [6.07, 6.45) is 1.28. The maximum absolute atomic E-state index is 11.8. The van der Waals surface area contributed by atoms with Crippen molar-refractivity contribution in [2.75, 3.05) is 6.61 Å². The molecule has 0 bridgehead atoms. The van der Waals surface area contributed by atoms with Crippen LogP contribution in [0.15, 0.2) is 0 Å². The molecular formula is C15H26BNO5. The van der Waals surface area contributed by atoms with Crippen LogP contribution in [0.2, 0.25) is 5.82 Å². The van der Waals surface area contributed by atoms with E-state index in [0.29, 0.717) is 24.0 Å². The molecular weight excluding hydrogens is 285 g/mol. The minimum atomic E-state index is -0.881. The van der Waals surface area contributed by atoms with Crippen molar-refractivity contribution in [1.29, 1.82) is 0 Å². The van der Waals surface area contributed by atoms with Crippen LogP contribution in [0.3, 0.4) is 0 Å². The highest BCUT2D eigenvalue weighted by Crippen LogP contribution is 2.18. The van der Waals surface area contributed by atoms with Crippen molar-refractivity contribution < 1.29 is 24.0 Å². The summed E-state index contributed by atoms with van der Waals surface area (Å²) < 4.78 is 5.64. The zero-order valence-corrected chi connectivity index (χ0v) is 14.1. The molecule has 0 aliphatic heterocycles. The van der Waals surface area contributed by atoms with E-state index in [1.54, 1.807) is 20.8 Å². The predicted octanol–water partition coefficient (Wildman–Crippen LogP) is 2.03. The van der Waals surface area contributed by atoms with E-state index in [-0.39, 0.29) is 12.8 Å². The first-order valence-electron chi connectivity index (χ1n) is 7.51. The fourth-order valence-electron chi connectivity index (χ4n) is 1.57. The molecule has 7 heteroatoms. The van der Waals surface area contributed by atoms with Crippen molar-refractivity contribution in [1.82, 2.24) is 5.06 Å². The Bertz CT molecular complexity index is 384. The number of carbonyl (C=O) groups is 3. The molecule has 0 aromatic heterocycles. The van der Waals surface area contributed by atoms with Gasteiger partial charge >= 0.3 is 5.97 Å². The van der Waals surface area contributed by atoms with Crippen LogP contribution in [0.5, 0.6) is 0 Å². The van der Waals surface area contributed by atoms with Gasteiger partial charge < -0.3 is 9.57 Å². The highest BCUT2D eigenvalue weighted by Gasteiger charge is 2.28. The third kappa shape index (κ3) is 8.17. The van der Waals surface area contributed by atoms with Gasteiger partial charge in [0.05, 0.1) is 19.9 Å². The molecule has 2 amide bonds. The SMILES string of the molecule is [B]C(CC)C(=O)N(C=O)OC(=O)CC(C)(C)OCCC(C)C. The highest BCUT2D eigenvalue weighted by molar-refractivity contribution is 6.24. The van der Waals surface area contributed by atoms with Crippen LogP contribution >= 0.6 is 0 Å². The van der Waals surface area contributed by atoms with Gasteiger partial charge in [-0.1, -0.05) is 27.2 Å². The molecule has 0 saturated carbocycles. The fraction of sp³-hybridized carbons (Fsp3) is 0.800. The highest BCUT2D eigenvalue weighted by atomic mass is 16.7. The lowest BCUT2D eigenvalue weighted by Crippen LogP contribution is -2.37. The average molecular weight is 311 g/mol. The smallest absolute Gasteiger partial charge is 0.336 e. The molecule has 124 valence electrons. The maximum atomic E-state index is 11.8. The Hall–Kier alpha value is -1.37. The Labute approximate surface area is 133 Å². The summed E-state index contributed by atoms with van der Waals surface area (Å²) in [4.78, 5) is 39.2. The third-order valence-electron chi connectivity index (χ3n) is 3.03. The predicted molar refractivity (Wildman–Crippen MR) is 82.9 cm³/mol. The summed E-state index contributed by atoms with van der Waals surface area (Å²) in [6, 6.07) is 0. The number of carbonyl (C=O) groups excluding carboxylic acids is 3. The molecule has 0 fully saturated rings. The monoisotopic (exact) mass is 311 g/mol. The quantitative estimate of drug-likeness (QED) is 0.370. The van der Waals surface area contributed by atoms with Gasteiger partial charge in [0.15, 0.2) is 0 Å². The van der Waals surface area contributed by atoms with Crippen molar-refractivity contribution in [2.45, 2.75) is 65.3 Å². The van der Waals surface area contributed by atoms with Gasteiger partial charge in [0.2, 0.25) is 0 Å². The van der Waals surface area contributed by atoms with E-state index in [4.69, 9.17) is 17.4 Å². The van der Waals surface area contributed by atoms with E-state index in [1.165, 1.54) is 0 Å². The zero-order chi connectivity index (χ0) is 17.3. The van der Waals surface area contributed by atoms with Crippen LogP contribution in [0.4, 0.5) is 0 Å². The first kappa shape index (κ1) is 20.6. The number of ether oxygens (including phenoxy) is 1. The molecule has 0 aliphatic carbocycles. The number of rotatable bonds is 9. The van der Waals surface area contributed by atoms with Gasteiger partial charge in [-0.2, -0.15) is 0 Å². The molecule has 0 N–H and O–H groups in total. The van der Waals surface area contributed by atoms with E-state index in [1.807, 2.05) is 0 Å². The molecule has 0 heterocycles. The largest absolute Gasteiger partial charge is 0.375 e. The number of imide groups is 1. The van der Waals surface area contributed by atoms with Gasteiger partial charge in [-0.05, 0) is 26.2 Å². The third-order valence-corrected chi connectivity index (χ3v) is 3.03. The lowest BCUT2D eigenvalue weighted by atomic mass is 9.84. The van der Waals surface area contributed by atoms with E-state index in [0.717, 1.165) is 6.42 Å². The van der Waals surface area contributed by atoms with Crippen molar-refractivity contribution in [3.8, 4) is 0 Å². The maximum Gasteiger partial charge on any atom is 0.336 e. The number of hydroxylamine groups is 2. The summed E-state index contributed by atoms with van der Waals surface area (Å²) in [5, 5.41) is 0.348. The van der Waals surface area contributed by atoms with E-state index in [9.17, 15) is 14.4 Å². The lowest BCUT2D eigenvalue weighted by molar-refractivity contribution is -0.200. The summed E-state index contributed by atoms with van der Waals surface area (Å²) in [7, 11) is 5.52. The number of hydrogen-bond acceptors (Lipinski definition) is 5. The van der Waals surface area contributed by atoms with Gasteiger partial charge in [0.25, 0.3) is 12.3 Å². The Balaban J connectivity index is 4.45. The zero-order valence-electron chi connectivity index (χ0n) is 14.1. The molecule has 22 heavy (non-hydrogen) atoms. The molecule has 2 radical (unpaired) electrons. The van der Waals surface area contributed by atoms with Crippen LogP contribution in [0.25, 0.3) is 0 Å². The molecule has 1 atom stereocenters. The normalized spacial score (nSPS) is 12.8. The number of nitrogens with zero attached hydrogens (tertiary/aromatic N) is 1. The van der Waals surface area contributed by atoms with Crippen molar-refractivity contribution in [3.63, 3.8) is 0 Å². The summed E-state index contributed by atoms with van der Waals surface area (Å²) >= 11 is 0. The molecule has 0 spiro atoms. The van der Waals surface area contributed by atoms with Crippen LogP contribution in [0.1, 0.15) is 53.9 Å². The van der Waals surface area contributed by atoms with E-state index < -0.39 is 23.3 Å². The van der Waals surface area contributed by atoms with Gasteiger partial charge in [-0.3, -0.25) is 9.59 Å². The molecule has 6 nitrogen and oxygen atoms in total. The van der Waals surface area contributed by atoms with E-state index in [2.05, 4.69) is 13.8 Å². The van der Waals surface area contributed by atoms with Gasteiger partial charge in [-0.25, -0.2) is 4.79 Å². The van der Waals surface area contributed by atoms with Crippen molar-refractivity contribution >= 4 is 26.1 Å². The second kappa shape index (κ2) is 9.61. The van der Waals surface area contributed by atoms with E-state index >= 15 is 0 Å². The summed E-state index contributed by atoms with van der Waals surface area (Å²) in [5.41, 5.74) is -0.740. The minimum Gasteiger partial charge on any atom is -0.375 e. The standard InChI is InChI=1S/C15H26BNO5/c1-6-12(16)14(20)17(10-18)22-13(19)9-15(4,5)21-8-7-11(2)3/h10-12H,6-9H2,1-5H3. The second-order valence-corrected chi connectivity index (χ2v) is 6.21. The van der Waals surface area contributed by atoms with Crippen LogP contribution in [-0.2, 0) is 24.0 Å². The second-order valence-electron chi connectivity index (χ2n) is 6.21. The Kier molecular flexibility index (Phi) is 9.01. The molecule has 0 aliphatic rings. The Morgan fingerprint density at radius 1 is 1.32 bits per heavy atom. The van der Waals surface area contributed by atoms with Gasteiger partial charge in [-0.15, -0.1) is 5.06 Å². The lowest BCUT2D eigenvalue weighted by Gasteiger charge is -2.26. The molecule has 1 unspecified atom stereocenters. The van der Waals surface area contributed by atoms with Gasteiger partial charge in [0, 0.05) is 12.4 Å². The number of hydrogen-bond donors (Lipinski definition) is 0. The van der Waals surface area contributed by atoms with Crippen LogP contribution < -0.4 is 0 Å². The first-order chi connectivity index (χ1) is 10.1. The Morgan fingerprint density at radius 3 is 2.36 bits per heavy atom. The molecule has 0 saturated heterocycles.